The average Bonchev–Trinajstić information content (AvgIpc) is 2.27. The summed E-state index contributed by atoms with van der Waals surface area (Å²) in [6, 6.07) is 0.975. The Bertz CT molecular complexity index is 562. The number of carbonyl (C=O) groups is 1. The lowest BCUT2D eigenvalue weighted by Gasteiger charge is -2.02. The summed E-state index contributed by atoms with van der Waals surface area (Å²) in [6.07, 6.45) is 0. The zero-order valence-electron chi connectivity index (χ0n) is 8.80. The molecule has 0 atom stereocenters. The monoisotopic (exact) mass is 272 g/mol. The van der Waals surface area contributed by atoms with Crippen molar-refractivity contribution in [2.24, 2.45) is 0 Å². The van der Waals surface area contributed by atoms with Gasteiger partial charge in [-0.3, -0.25) is 20.2 Å². The Labute approximate surface area is 102 Å². The van der Waals surface area contributed by atoms with Gasteiger partial charge in [-0.2, -0.15) is 0 Å². The van der Waals surface area contributed by atoms with Crippen molar-refractivity contribution in [2.45, 2.75) is 0 Å². The van der Waals surface area contributed by atoms with E-state index in [2.05, 4.69) is 0 Å². The van der Waals surface area contributed by atoms with Gasteiger partial charge in [-0.05, 0) is 0 Å². The topological polar surface area (TPSA) is 179 Å². The summed E-state index contributed by atoms with van der Waals surface area (Å²) in [5, 5.41) is 39.1. The van der Waals surface area contributed by atoms with Gasteiger partial charge in [-0.15, -0.1) is 0 Å². The number of hydrogen-bond donors (Lipinski definition) is 2. The van der Waals surface area contributed by atoms with E-state index in [1.165, 1.54) is 5.43 Å². The Balaban J connectivity index is 3.64. The quantitative estimate of drug-likeness (QED) is 0.578. The minimum atomic E-state index is -1.64. The van der Waals surface area contributed by atoms with Gasteiger partial charge in [0, 0.05) is 12.1 Å². The number of nitrogens with zero attached hydrogens (tertiary/aromatic N) is 3. The van der Waals surface area contributed by atoms with Crippen LogP contribution in [-0.2, 0) is 0 Å². The van der Waals surface area contributed by atoms with Gasteiger partial charge in [0.15, 0.2) is 5.03 Å². The molecule has 2 N–H and O–H groups in total. The first kappa shape index (κ1) is 13.8. The molecule has 0 unspecified atom stereocenters. The Morgan fingerprint density at radius 2 is 1.47 bits per heavy atom. The number of carboxylic acids is 1. The first-order valence-electron chi connectivity index (χ1n) is 4.35. The first-order chi connectivity index (χ1) is 8.73. The Morgan fingerprint density at radius 1 is 1.05 bits per heavy atom. The van der Waals surface area contributed by atoms with Gasteiger partial charge in [0.25, 0.3) is 5.69 Å². The van der Waals surface area contributed by atoms with Crippen LogP contribution in [0.1, 0.15) is 10.4 Å². The zero-order valence-corrected chi connectivity index (χ0v) is 8.80. The van der Waals surface area contributed by atoms with Crippen LogP contribution in [0.15, 0.2) is 12.1 Å². The number of nitro groups is 3. The van der Waals surface area contributed by atoms with Crippen molar-refractivity contribution < 1.29 is 24.8 Å². The van der Waals surface area contributed by atoms with Crippen molar-refractivity contribution in [1.29, 1.82) is 0 Å². The molecule has 19 heavy (non-hydrogen) atoms. The molecule has 0 spiro atoms. The van der Waals surface area contributed by atoms with E-state index in [0.717, 1.165) is 0 Å². The molecule has 0 aliphatic heterocycles. The minimum absolute atomic E-state index is 0.487. The van der Waals surface area contributed by atoms with Crippen molar-refractivity contribution >= 4 is 23.0 Å². The Morgan fingerprint density at radius 3 is 1.74 bits per heavy atom. The van der Waals surface area contributed by atoms with Gasteiger partial charge in [-0.25, -0.2) is 14.9 Å². The zero-order chi connectivity index (χ0) is 14.7. The van der Waals surface area contributed by atoms with Gasteiger partial charge < -0.3 is 5.11 Å². The number of hydrazine groups is 1. The van der Waals surface area contributed by atoms with Crippen LogP contribution in [0, 0.1) is 30.3 Å². The molecule has 0 aliphatic rings. The van der Waals surface area contributed by atoms with Crippen molar-refractivity contribution in [3.63, 3.8) is 0 Å². The average molecular weight is 272 g/mol. The highest BCUT2D eigenvalue weighted by atomic mass is 16.7. The molecule has 0 saturated carbocycles. The van der Waals surface area contributed by atoms with E-state index in [1.54, 1.807) is 0 Å². The fourth-order valence-electron chi connectivity index (χ4n) is 1.23. The molecule has 1 aromatic rings. The minimum Gasteiger partial charge on any atom is -0.478 e. The molecular formula is C7H4N4O8. The summed E-state index contributed by atoms with van der Waals surface area (Å²) in [5.41, 5.74) is -2.57. The molecule has 0 bridgehead atoms. The normalized spacial score (nSPS) is 9.68. The van der Waals surface area contributed by atoms with Crippen LogP contribution in [0.5, 0.6) is 0 Å². The number of anilines is 1. The first-order valence-corrected chi connectivity index (χ1v) is 4.35. The van der Waals surface area contributed by atoms with E-state index < -0.39 is 43.5 Å². The number of carboxylic acid groups (broad SMARTS) is 1. The maximum atomic E-state index is 10.7. The predicted molar refractivity (Wildman–Crippen MR) is 57.3 cm³/mol. The van der Waals surface area contributed by atoms with Crippen LogP contribution >= 0.6 is 0 Å². The van der Waals surface area contributed by atoms with E-state index in [9.17, 15) is 35.1 Å². The third-order valence-corrected chi connectivity index (χ3v) is 1.94. The summed E-state index contributed by atoms with van der Waals surface area (Å²) < 4.78 is 0. The summed E-state index contributed by atoms with van der Waals surface area (Å²) in [5.74, 6) is -1.64. The molecule has 0 aliphatic carbocycles. The van der Waals surface area contributed by atoms with Gasteiger partial charge in [0.05, 0.1) is 15.4 Å². The third kappa shape index (κ3) is 2.87. The van der Waals surface area contributed by atoms with Crippen LogP contribution in [0.2, 0.25) is 0 Å². The van der Waals surface area contributed by atoms with Crippen molar-refractivity contribution in [1.82, 2.24) is 0 Å². The Hall–Kier alpha value is -3.31. The van der Waals surface area contributed by atoms with Gasteiger partial charge >= 0.3 is 17.3 Å². The number of rotatable bonds is 5. The number of hydrogen-bond acceptors (Lipinski definition) is 7. The lowest BCUT2D eigenvalue weighted by atomic mass is 10.1. The highest BCUT2D eigenvalue weighted by Crippen LogP contribution is 2.35. The van der Waals surface area contributed by atoms with E-state index >= 15 is 0 Å². The highest BCUT2D eigenvalue weighted by Gasteiger charge is 2.31. The van der Waals surface area contributed by atoms with E-state index in [0.29, 0.717) is 12.1 Å². The van der Waals surface area contributed by atoms with Crippen LogP contribution in [0.25, 0.3) is 0 Å². The largest absolute Gasteiger partial charge is 0.478 e. The lowest BCUT2D eigenvalue weighted by molar-refractivity contribution is -0.449. The summed E-state index contributed by atoms with van der Waals surface area (Å²) in [6.45, 7) is 0. The van der Waals surface area contributed by atoms with Crippen LogP contribution in [-0.4, -0.2) is 26.0 Å². The van der Waals surface area contributed by atoms with E-state index in [4.69, 9.17) is 5.11 Å². The Kier molecular flexibility index (Phi) is 3.55. The van der Waals surface area contributed by atoms with Crippen molar-refractivity contribution in [2.75, 3.05) is 5.43 Å². The van der Waals surface area contributed by atoms with Crippen molar-refractivity contribution in [3.8, 4) is 0 Å². The highest BCUT2D eigenvalue weighted by molar-refractivity contribution is 5.92. The summed E-state index contributed by atoms with van der Waals surface area (Å²) in [4.78, 5) is 40.0. The predicted octanol–water partition coefficient (Wildman–Crippen LogP) is 0.805. The van der Waals surface area contributed by atoms with E-state index in [1.807, 2.05) is 0 Å². The fourth-order valence-corrected chi connectivity index (χ4v) is 1.23. The molecule has 0 aromatic heterocycles. The van der Waals surface area contributed by atoms with Crippen LogP contribution < -0.4 is 5.43 Å². The number of nitro benzene ring substituents is 2. The maximum absolute atomic E-state index is 10.7. The molecule has 0 amide bonds. The van der Waals surface area contributed by atoms with Crippen molar-refractivity contribution in [3.05, 3.63) is 48.0 Å². The molecule has 0 radical (unpaired) electrons. The summed E-state index contributed by atoms with van der Waals surface area (Å²) >= 11 is 0. The van der Waals surface area contributed by atoms with Gasteiger partial charge in [-0.1, -0.05) is 5.43 Å². The van der Waals surface area contributed by atoms with Gasteiger partial charge in [0.2, 0.25) is 0 Å². The molecule has 0 fully saturated rings. The molecule has 12 nitrogen and oxygen atoms in total. The smallest absolute Gasteiger partial charge is 0.336 e. The van der Waals surface area contributed by atoms with Gasteiger partial charge in [0.1, 0.15) is 0 Å². The second kappa shape index (κ2) is 4.91. The van der Waals surface area contributed by atoms with Crippen LogP contribution in [0.3, 0.4) is 0 Å². The molecule has 1 rings (SSSR count). The summed E-state index contributed by atoms with van der Waals surface area (Å²) in [7, 11) is 0. The molecule has 0 heterocycles. The maximum Gasteiger partial charge on any atom is 0.336 e. The number of aromatic carboxylic acids is 1. The molecule has 12 heteroatoms. The molecule has 1 aromatic carbocycles. The van der Waals surface area contributed by atoms with E-state index in [-0.39, 0.29) is 0 Å². The number of benzene rings is 1. The molecule has 0 saturated heterocycles. The standard InChI is InChI=1S/C7H4N4O8/c12-7(13)3-1-4(9(14)15)6(8-11(18)19)5(2-3)10(16)17/h1-2,8H,(H,12,13). The molecular weight excluding hydrogens is 268 g/mol. The fraction of sp³-hybridized carbons (Fsp3) is 0. The lowest BCUT2D eigenvalue weighted by Crippen LogP contribution is -2.13. The van der Waals surface area contributed by atoms with Crippen LogP contribution in [0.4, 0.5) is 17.1 Å². The second-order valence-electron chi connectivity index (χ2n) is 3.08. The second-order valence-corrected chi connectivity index (χ2v) is 3.08. The molecule has 100 valence electrons. The third-order valence-electron chi connectivity index (χ3n) is 1.94. The SMILES string of the molecule is O=C(O)c1cc([N+](=O)[O-])c(N[N+](=O)[O-])c([N+](=O)[O-])c1. The number of nitrogens with one attached hydrogen (secondary N) is 1.